The van der Waals surface area contributed by atoms with E-state index < -0.39 is 10.0 Å². The summed E-state index contributed by atoms with van der Waals surface area (Å²) in [5, 5.41) is 12.7. The Morgan fingerprint density at radius 3 is 2.34 bits per heavy atom. The fraction of sp³-hybridized carbons (Fsp3) is 0.222. The average Bonchev–Trinajstić information content (AvgIpc) is 2.88. The molecular formula is C27H31N5O5S. The fourth-order valence-electron chi connectivity index (χ4n) is 3.84. The van der Waals surface area contributed by atoms with Crippen LogP contribution < -0.4 is 21.1 Å². The largest absolute Gasteiger partial charge is 0.466 e. The summed E-state index contributed by atoms with van der Waals surface area (Å²) >= 11 is 0. The van der Waals surface area contributed by atoms with E-state index in [-0.39, 0.29) is 54.6 Å². The highest BCUT2D eigenvalue weighted by molar-refractivity contribution is 7.92. The molecular weight excluding hydrogens is 506 g/mol. The second-order valence-electron chi connectivity index (χ2n) is 8.37. The molecule has 11 heteroatoms. The van der Waals surface area contributed by atoms with Crippen LogP contribution in [0.15, 0.2) is 83.8 Å². The molecule has 0 spiro atoms. The smallest absolute Gasteiger partial charge is 0.307 e. The Morgan fingerprint density at radius 2 is 1.63 bits per heavy atom. The van der Waals surface area contributed by atoms with Crippen LogP contribution in [-0.2, 0) is 24.3 Å². The van der Waals surface area contributed by atoms with Gasteiger partial charge in [-0.05, 0) is 48.4 Å². The van der Waals surface area contributed by atoms with Gasteiger partial charge >= 0.3 is 5.97 Å². The number of nitrogens with two attached hydrogens (primary N) is 1. The van der Waals surface area contributed by atoms with E-state index in [1.807, 2.05) is 36.4 Å². The third-order valence-electron chi connectivity index (χ3n) is 5.51. The van der Waals surface area contributed by atoms with Crippen molar-refractivity contribution in [1.82, 2.24) is 5.32 Å². The predicted molar refractivity (Wildman–Crippen MR) is 146 cm³/mol. The maximum Gasteiger partial charge on any atom is 0.307 e. The van der Waals surface area contributed by atoms with E-state index >= 15 is 0 Å². The molecule has 0 saturated carbocycles. The van der Waals surface area contributed by atoms with Crippen molar-refractivity contribution in [3.05, 3.63) is 90.0 Å². The van der Waals surface area contributed by atoms with Crippen LogP contribution >= 0.6 is 0 Å². The maximum absolute atomic E-state index is 13.1. The van der Waals surface area contributed by atoms with Crippen LogP contribution in [0.3, 0.4) is 0 Å². The van der Waals surface area contributed by atoms with Gasteiger partial charge in [0.05, 0.1) is 17.9 Å². The summed E-state index contributed by atoms with van der Waals surface area (Å²) in [6.07, 6.45) is 0.178. The quantitative estimate of drug-likeness (QED) is 0.134. The van der Waals surface area contributed by atoms with Gasteiger partial charge in [-0.1, -0.05) is 48.5 Å². The molecule has 0 saturated heterocycles. The number of benzene rings is 3. The molecule has 3 rings (SSSR count). The predicted octanol–water partition coefficient (Wildman–Crippen LogP) is 3.38. The van der Waals surface area contributed by atoms with Crippen LogP contribution in [0.5, 0.6) is 0 Å². The Morgan fingerprint density at radius 1 is 0.947 bits per heavy atom. The third kappa shape index (κ3) is 8.34. The van der Waals surface area contributed by atoms with Crippen molar-refractivity contribution >= 4 is 39.2 Å². The fourth-order valence-corrected chi connectivity index (χ4v) is 4.93. The number of carbonyl (C=O) groups is 2. The van der Waals surface area contributed by atoms with Gasteiger partial charge in [0.25, 0.3) is 10.0 Å². The molecule has 3 aromatic carbocycles. The minimum Gasteiger partial charge on any atom is -0.466 e. The first kappa shape index (κ1) is 28.2. The number of rotatable bonds is 12. The minimum atomic E-state index is -3.95. The number of carbonyl (C=O) groups excluding carboxylic acids is 2. The number of ether oxygens (including phenoxy) is 1. The molecule has 6 N–H and O–H groups in total. The van der Waals surface area contributed by atoms with Gasteiger partial charge in [0, 0.05) is 30.3 Å². The zero-order valence-electron chi connectivity index (χ0n) is 20.9. The number of guanidine groups is 1. The lowest BCUT2D eigenvalue weighted by Crippen LogP contribution is -2.28. The van der Waals surface area contributed by atoms with Gasteiger partial charge in [-0.15, -0.1) is 0 Å². The van der Waals surface area contributed by atoms with Crippen molar-refractivity contribution in [2.24, 2.45) is 5.73 Å². The molecule has 0 aliphatic carbocycles. The molecule has 0 bridgehead atoms. The first-order valence-electron chi connectivity index (χ1n) is 12.0. The van der Waals surface area contributed by atoms with Crippen LogP contribution in [0.2, 0.25) is 0 Å². The normalized spacial score (nSPS) is 11.7. The number of esters is 1. The van der Waals surface area contributed by atoms with E-state index in [0.29, 0.717) is 11.4 Å². The molecule has 200 valence electrons. The topological polar surface area (TPSA) is 163 Å². The van der Waals surface area contributed by atoms with Gasteiger partial charge in [-0.3, -0.25) is 19.7 Å². The molecule has 0 aromatic heterocycles. The van der Waals surface area contributed by atoms with Crippen LogP contribution in [0, 0.1) is 5.41 Å². The van der Waals surface area contributed by atoms with Crippen molar-refractivity contribution in [2.45, 2.75) is 30.6 Å². The number of hydrogen-bond donors (Lipinski definition) is 5. The van der Waals surface area contributed by atoms with Gasteiger partial charge in [-0.2, -0.15) is 0 Å². The van der Waals surface area contributed by atoms with Crippen LogP contribution in [0.25, 0.3) is 0 Å². The summed E-state index contributed by atoms with van der Waals surface area (Å²) in [6.45, 7) is 2.16. The van der Waals surface area contributed by atoms with Crippen molar-refractivity contribution in [1.29, 1.82) is 5.41 Å². The lowest BCUT2D eigenvalue weighted by atomic mass is 9.88. The number of amides is 1. The zero-order valence-corrected chi connectivity index (χ0v) is 21.8. The van der Waals surface area contributed by atoms with Crippen molar-refractivity contribution in [3.8, 4) is 0 Å². The zero-order chi connectivity index (χ0) is 27.5. The van der Waals surface area contributed by atoms with Crippen molar-refractivity contribution < 1.29 is 22.7 Å². The number of sulfonamides is 1. The number of hydrogen-bond acceptors (Lipinski definition) is 6. The molecule has 3 aromatic rings. The van der Waals surface area contributed by atoms with Crippen LogP contribution in [-0.4, -0.2) is 39.4 Å². The standard InChI is InChI=1S/C27H31N5O5S/c1-2-37-26(34)14-15-30-25(33)18-24(19-8-4-3-5-9-19)20-10-6-12-22(16-20)32-38(35,36)23-13-7-11-21(17-23)31-27(28)29/h3-13,16-17,24,32H,2,14-15,18H2,1H3,(H,30,33)(H4,28,29,31). The molecule has 1 atom stereocenters. The third-order valence-corrected chi connectivity index (χ3v) is 6.89. The van der Waals surface area contributed by atoms with Gasteiger partial charge in [0.2, 0.25) is 5.91 Å². The Bertz CT molecular complexity index is 1380. The molecule has 10 nitrogen and oxygen atoms in total. The highest BCUT2D eigenvalue weighted by atomic mass is 32.2. The van der Waals surface area contributed by atoms with E-state index in [1.54, 1.807) is 37.3 Å². The van der Waals surface area contributed by atoms with Crippen LogP contribution in [0.4, 0.5) is 11.4 Å². The molecule has 0 heterocycles. The SMILES string of the molecule is CCOC(=O)CCNC(=O)CC(c1ccccc1)c1cccc(NS(=O)(=O)c2cccc(NC(=N)N)c2)c1. The molecule has 1 unspecified atom stereocenters. The summed E-state index contributed by atoms with van der Waals surface area (Å²) in [5.74, 6) is -1.29. The van der Waals surface area contributed by atoms with Crippen molar-refractivity contribution in [2.75, 3.05) is 23.2 Å². The highest BCUT2D eigenvalue weighted by Gasteiger charge is 2.20. The Kier molecular flexibility index (Phi) is 9.83. The summed E-state index contributed by atoms with van der Waals surface area (Å²) < 4.78 is 33.6. The Labute approximate surface area is 222 Å². The second kappa shape index (κ2) is 13.2. The lowest BCUT2D eigenvalue weighted by Gasteiger charge is -2.19. The van der Waals surface area contributed by atoms with E-state index in [9.17, 15) is 18.0 Å². The summed E-state index contributed by atoms with van der Waals surface area (Å²) in [5.41, 5.74) is 7.67. The van der Waals surface area contributed by atoms with Gasteiger partial charge in [0.15, 0.2) is 5.96 Å². The molecule has 0 fully saturated rings. The Hall–Kier alpha value is -4.38. The van der Waals surface area contributed by atoms with Gasteiger partial charge in [-0.25, -0.2) is 8.42 Å². The minimum absolute atomic E-state index is 0.00487. The van der Waals surface area contributed by atoms with E-state index in [2.05, 4.69) is 15.4 Å². The molecule has 1 amide bonds. The Balaban J connectivity index is 1.80. The molecule has 38 heavy (non-hydrogen) atoms. The molecule has 0 aliphatic rings. The number of nitrogens with one attached hydrogen (secondary N) is 4. The lowest BCUT2D eigenvalue weighted by molar-refractivity contribution is -0.143. The molecule has 0 radical (unpaired) electrons. The summed E-state index contributed by atoms with van der Waals surface area (Å²) in [7, 11) is -3.95. The van der Waals surface area contributed by atoms with Crippen molar-refractivity contribution in [3.63, 3.8) is 0 Å². The highest BCUT2D eigenvalue weighted by Crippen LogP contribution is 2.30. The summed E-state index contributed by atoms with van der Waals surface area (Å²) in [4.78, 5) is 24.3. The first-order valence-corrected chi connectivity index (χ1v) is 13.5. The van der Waals surface area contributed by atoms with Gasteiger partial charge in [0.1, 0.15) is 0 Å². The monoisotopic (exact) mass is 537 g/mol. The maximum atomic E-state index is 13.1. The number of anilines is 2. The average molecular weight is 538 g/mol. The summed E-state index contributed by atoms with van der Waals surface area (Å²) in [6, 6.07) is 22.2. The second-order valence-corrected chi connectivity index (χ2v) is 10.1. The van der Waals surface area contributed by atoms with E-state index in [0.717, 1.165) is 11.1 Å². The first-order chi connectivity index (χ1) is 18.2. The molecule has 0 aliphatic heterocycles. The van der Waals surface area contributed by atoms with Crippen LogP contribution in [0.1, 0.15) is 36.8 Å². The van der Waals surface area contributed by atoms with E-state index in [4.69, 9.17) is 15.9 Å². The van der Waals surface area contributed by atoms with Gasteiger partial charge < -0.3 is 21.1 Å². The van der Waals surface area contributed by atoms with E-state index in [1.165, 1.54) is 12.1 Å².